The van der Waals surface area contributed by atoms with Crippen LogP contribution < -0.4 is 5.06 Å². The molecular formula is C8H13NO4. The zero-order chi connectivity index (χ0) is 10.3. The van der Waals surface area contributed by atoms with Gasteiger partial charge in [0.25, 0.3) is 0 Å². The first-order valence-electron chi connectivity index (χ1n) is 3.50. The van der Waals surface area contributed by atoms with E-state index < -0.39 is 11.2 Å². The van der Waals surface area contributed by atoms with Crippen molar-refractivity contribution < 1.29 is 19.3 Å². The molecule has 1 unspecified atom stereocenters. The maximum Gasteiger partial charge on any atom is 0.587 e. The average Bonchev–Trinajstić information content (AvgIpc) is 2.05. The lowest BCUT2D eigenvalue weighted by Gasteiger charge is -2.33. The highest BCUT2D eigenvalue weighted by Crippen LogP contribution is 2.08. The lowest BCUT2D eigenvalue weighted by Crippen LogP contribution is -3.14. The third-order valence-electron chi connectivity index (χ3n) is 1.15. The maximum absolute atomic E-state index is 11.1. The van der Waals surface area contributed by atoms with Crippen LogP contribution in [0.15, 0.2) is 38.5 Å². The third kappa shape index (κ3) is 2.81. The summed E-state index contributed by atoms with van der Waals surface area (Å²) >= 11 is 0. The molecule has 0 amide bonds. The molecule has 74 valence electrons. The molecule has 0 aromatic carbocycles. The molecule has 0 spiro atoms. The van der Waals surface area contributed by atoms with Crippen LogP contribution in [0.5, 0.6) is 0 Å². The van der Waals surface area contributed by atoms with Gasteiger partial charge in [0.1, 0.15) is 0 Å². The number of hydrogen-bond donors (Lipinski definition) is 1. The van der Waals surface area contributed by atoms with Crippen LogP contribution in [-0.2, 0) is 14.2 Å². The molecule has 0 fully saturated rings. The van der Waals surface area contributed by atoms with E-state index in [-0.39, 0.29) is 0 Å². The molecule has 13 heavy (non-hydrogen) atoms. The number of rotatable bonds is 7. The molecule has 0 aromatic rings. The smallest absolute Gasteiger partial charge is 0.587 e. The molecule has 5 nitrogen and oxygen atoms in total. The summed E-state index contributed by atoms with van der Waals surface area (Å²) in [6.07, 6.45) is 1.27. The van der Waals surface area contributed by atoms with Crippen LogP contribution in [0.4, 0.5) is 0 Å². The summed E-state index contributed by atoms with van der Waals surface area (Å²) in [5.74, 6) is 0. The van der Waals surface area contributed by atoms with Crippen LogP contribution in [0.1, 0.15) is 0 Å². The van der Waals surface area contributed by atoms with Gasteiger partial charge in [0.2, 0.25) is 0 Å². The molecule has 0 aliphatic rings. The van der Waals surface area contributed by atoms with Gasteiger partial charge in [-0.2, -0.15) is 0 Å². The van der Waals surface area contributed by atoms with E-state index in [1.807, 2.05) is 0 Å². The zero-order valence-corrected chi connectivity index (χ0v) is 7.49. The van der Waals surface area contributed by atoms with Crippen molar-refractivity contribution in [2.24, 2.45) is 0 Å². The molecule has 1 atom stereocenters. The second kappa shape index (κ2) is 5.23. The molecule has 1 N–H and O–H groups in total. The van der Waals surface area contributed by atoms with Crippen LogP contribution in [0.3, 0.4) is 0 Å². The maximum atomic E-state index is 11.1. The number of ether oxygens (including phenoxy) is 3. The Morgan fingerprint density at radius 1 is 1.08 bits per heavy atom. The lowest BCUT2D eigenvalue weighted by molar-refractivity contribution is -0.978. The van der Waals surface area contributed by atoms with Crippen molar-refractivity contribution in [3.8, 4) is 0 Å². The summed E-state index contributed by atoms with van der Waals surface area (Å²) in [6.45, 7) is 9.87. The summed E-state index contributed by atoms with van der Waals surface area (Å²) in [6, 6.07) is 0. The molecule has 0 bridgehead atoms. The van der Waals surface area contributed by atoms with Crippen LogP contribution in [0.2, 0.25) is 0 Å². The zero-order valence-electron chi connectivity index (χ0n) is 7.49. The van der Waals surface area contributed by atoms with Gasteiger partial charge in [0.05, 0.1) is 25.8 Å². The Balaban J connectivity index is 4.65. The van der Waals surface area contributed by atoms with Crippen LogP contribution in [0.25, 0.3) is 0 Å². The Kier molecular flexibility index (Phi) is 4.64. The van der Waals surface area contributed by atoms with Crippen molar-refractivity contribution in [3.63, 3.8) is 0 Å². The highest BCUT2D eigenvalue weighted by Gasteiger charge is 2.41. The molecule has 0 rings (SSSR count). The fourth-order valence-electron chi connectivity index (χ4n) is 0.661. The monoisotopic (exact) mass is 187 g/mol. The molecule has 0 heterocycles. The first kappa shape index (κ1) is 11.5. The highest BCUT2D eigenvalue weighted by atomic mass is 16.9. The van der Waals surface area contributed by atoms with Gasteiger partial charge in [0.15, 0.2) is 0 Å². The van der Waals surface area contributed by atoms with Gasteiger partial charge < -0.3 is 19.4 Å². The van der Waals surface area contributed by atoms with E-state index in [9.17, 15) is 5.21 Å². The van der Waals surface area contributed by atoms with E-state index in [1.54, 1.807) is 0 Å². The topological polar surface area (TPSA) is 55.2 Å². The van der Waals surface area contributed by atoms with E-state index in [2.05, 4.69) is 19.7 Å². The van der Waals surface area contributed by atoms with Gasteiger partial charge in [-0.15, -0.1) is 0 Å². The quantitative estimate of drug-likeness (QED) is 0.348. The second-order valence-electron chi connectivity index (χ2n) is 1.97. The fourth-order valence-corrected chi connectivity index (χ4v) is 0.661. The van der Waals surface area contributed by atoms with Crippen LogP contribution in [-0.4, -0.2) is 13.1 Å². The summed E-state index contributed by atoms with van der Waals surface area (Å²) in [5, 5.41) is 10.6. The first-order valence-corrected chi connectivity index (χ1v) is 3.50. The van der Waals surface area contributed by atoms with E-state index in [1.165, 1.54) is 7.05 Å². The van der Waals surface area contributed by atoms with Gasteiger partial charge in [-0.1, -0.05) is 19.7 Å². The summed E-state index contributed by atoms with van der Waals surface area (Å²) in [4.78, 5) is 0. The summed E-state index contributed by atoms with van der Waals surface area (Å²) in [7, 11) is 1.25. The van der Waals surface area contributed by atoms with Crippen LogP contribution in [0, 0.1) is 5.21 Å². The van der Waals surface area contributed by atoms with Gasteiger partial charge in [-0.05, 0) is 0 Å². The van der Waals surface area contributed by atoms with E-state index in [0.717, 1.165) is 18.8 Å². The van der Waals surface area contributed by atoms with Gasteiger partial charge in [-0.25, -0.2) is 0 Å². The van der Waals surface area contributed by atoms with Crippen molar-refractivity contribution in [2.45, 2.75) is 6.10 Å². The van der Waals surface area contributed by atoms with Crippen molar-refractivity contribution >= 4 is 0 Å². The first-order chi connectivity index (χ1) is 6.13. The van der Waals surface area contributed by atoms with Crippen molar-refractivity contribution in [1.82, 2.24) is 0 Å². The molecule has 0 saturated carbocycles. The average molecular weight is 187 g/mol. The highest BCUT2D eigenvalue weighted by molar-refractivity contribution is 4.61. The fraction of sp³-hybridized carbons (Fsp3) is 0.250. The third-order valence-corrected chi connectivity index (χ3v) is 1.15. The molecule has 0 aromatic heterocycles. The molecule has 5 heteroatoms. The Bertz CT molecular complexity index is 164. The van der Waals surface area contributed by atoms with Gasteiger partial charge in [-0.3, -0.25) is 5.06 Å². The molecule has 0 aliphatic heterocycles. The largest absolute Gasteiger partial charge is 0.626 e. The number of hydroxylamine groups is 2. The molecular weight excluding hydrogens is 174 g/mol. The normalized spacial score (nSPS) is 12.5. The predicted molar refractivity (Wildman–Crippen MR) is 46.8 cm³/mol. The number of nitrogens with one attached hydrogen (secondary N) is 1. The minimum absolute atomic E-state index is 0.479. The molecule has 0 radical (unpaired) electrons. The Morgan fingerprint density at radius 3 is 1.54 bits per heavy atom. The minimum Gasteiger partial charge on any atom is -0.626 e. The molecule has 0 saturated heterocycles. The predicted octanol–water partition coefficient (Wildman–Crippen LogP) is 0.0905. The molecule has 0 aliphatic carbocycles. The van der Waals surface area contributed by atoms with Gasteiger partial charge >= 0.3 is 6.10 Å². The van der Waals surface area contributed by atoms with Crippen molar-refractivity contribution in [1.29, 1.82) is 0 Å². The van der Waals surface area contributed by atoms with E-state index >= 15 is 0 Å². The Labute approximate surface area is 77.1 Å². The van der Waals surface area contributed by atoms with Crippen molar-refractivity contribution in [2.75, 3.05) is 7.05 Å². The number of quaternary nitrogens is 1. The Morgan fingerprint density at radius 2 is 1.38 bits per heavy atom. The van der Waals surface area contributed by atoms with Crippen LogP contribution >= 0.6 is 0 Å². The summed E-state index contributed by atoms with van der Waals surface area (Å²) in [5.41, 5.74) is 0. The standard InChI is InChI=1S/C8H13NO4/c1-5-11-8(9(4)10,12-6-2)13-7-3/h5-7,9H,1-3H2,4H3. The second-order valence-corrected chi connectivity index (χ2v) is 1.97. The summed E-state index contributed by atoms with van der Waals surface area (Å²) < 4.78 is 14.4. The Hall–Kier alpha value is -1.46. The van der Waals surface area contributed by atoms with Crippen molar-refractivity contribution in [3.05, 3.63) is 43.7 Å². The van der Waals surface area contributed by atoms with Gasteiger partial charge in [0, 0.05) is 0 Å². The van der Waals surface area contributed by atoms with E-state index in [0.29, 0.717) is 0 Å². The number of hydrogen-bond acceptors (Lipinski definition) is 4. The minimum atomic E-state index is -1.84. The van der Waals surface area contributed by atoms with E-state index in [4.69, 9.17) is 14.2 Å². The lowest BCUT2D eigenvalue weighted by atomic mass is 10.8. The SMILES string of the molecule is C=COC(OC=C)(OC=C)[NH+](C)[O-].